The molecule has 0 radical (unpaired) electrons. The van der Waals surface area contributed by atoms with Crippen molar-refractivity contribution in [2.24, 2.45) is 0 Å². The van der Waals surface area contributed by atoms with Gasteiger partial charge in [0.1, 0.15) is 0 Å². The summed E-state index contributed by atoms with van der Waals surface area (Å²) in [6.07, 6.45) is 4.13. The quantitative estimate of drug-likeness (QED) is 0.750. The maximum Gasteiger partial charge on any atom is 0.0584 e. The summed E-state index contributed by atoms with van der Waals surface area (Å²) in [6, 6.07) is 18.1. The van der Waals surface area contributed by atoms with Gasteiger partial charge >= 0.3 is 0 Å². The molecule has 1 atom stereocenters. The average molecular weight is 377 g/mol. The molecule has 0 spiro atoms. The van der Waals surface area contributed by atoms with Crippen LogP contribution < -0.4 is 5.32 Å². The van der Waals surface area contributed by atoms with Gasteiger partial charge < -0.3 is 5.32 Å². The van der Waals surface area contributed by atoms with Gasteiger partial charge in [-0.25, -0.2) is 0 Å². The Hall–Kier alpha value is -0.870. The largest absolute Gasteiger partial charge is 0.309 e. The van der Waals surface area contributed by atoms with E-state index >= 15 is 0 Å². The first-order chi connectivity index (χ1) is 9.79. The summed E-state index contributed by atoms with van der Waals surface area (Å²) in [5, 5.41) is 3.45. The number of benzene rings is 2. The lowest BCUT2D eigenvalue weighted by molar-refractivity contribution is 0.419. The highest BCUT2D eigenvalue weighted by molar-refractivity contribution is 14.1. The van der Waals surface area contributed by atoms with Gasteiger partial charge in [0.2, 0.25) is 0 Å². The van der Waals surface area contributed by atoms with E-state index in [9.17, 15) is 0 Å². The molecule has 20 heavy (non-hydrogen) atoms. The van der Waals surface area contributed by atoms with Crippen molar-refractivity contribution in [3.8, 4) is 0 Å². The Morgan fingerprint density at radius 3 is 2.30 bits per heavy atom. The van der Waals surface area contributed by atoms with Gasteiger partial charge in [0.25, 0.3) is 0 Å². The van der Waals surface area contributed by atoms with Crippen LogP contribution in [-0.4, -0.2) is 7.05 Å². The van der Waals surface area contributed by atoms with Crippen molar-refractivity contribution in [3.05, 3.63) is 68.8 Å². The van der Waals surface area contributed by atoms with Crippen LogP contribution in [0.5, 0.6) is 0 Å². The van der Waals surface area contributed by atoms with Crippen LogP contribution in [-0.2, 0) is 0 Å². The highest BCUT2D eigenvalue weighted by atomic mass is 127. The third kappa shape index (κ3) is 2.77. The number of halogens is 1. The first-order valence-corrected chi connectivity index (χ1v) is 8.39. The van der Waals surface area contributed by atoms with Gasteiger partial charge in [0, 0.05) is 3.57 Å². The maximum atomic E-state index is 3.45. The van der Waals surface area contributed by atoms with E-state index in [0.29, 0.717) is 0 Å². The zero-order valence-electron chi connectivity index (χ0n) is 11.8. The molecule has 2 aromatic rings. The van der Waals surface area contributed by atoms with Crippen molar-refractivity contribution in [1.82, 2.24) is 5.32 Å². The smallest absolute Gasteiger partial charge is 0.0584 e. The summed E-state index contributed by atoms with van der Waals surface area (Å²) in [4.78, 5) is 0. The van der Waals surface area contributed by atoms with E-state index in [0.717, 1.165) is 5.92 Å². The van der Waals surface area contributed by atoms with Crippen LogP contribution in [0.3, 0.4) is 0 Å². The van der Waals surface area contributed by atoms with Gasteiger partial charge in [-0.15, -0.1) is 0 Å². The normalized spacial score (nSPS) is 16.7. The minimum Gasteiger partial charge on any atom is -0.309 e. The van der Waals surface area contributed by atoms with Crippen LogP contribution in [0, 0.1) is 3.57 Å². The van der Waals surface area contributed by atoms with Crippen LogP contribution in [0.1, 0.15) is 47.9 Å². The topological polar surface area (TPSA) is 12.0 Å². The Balaban J connectivity index is 1.87. The molecule has 1 unspecified atom stereocenters. The molecular formula is C18H20IN. The molecule has 0 aliphatic heterocycles. The Morgan fingerprint density at radius 1 is 1.05 bits per heavy atom. The van der Waals surface area contributed by atoms with Crippen molar-refractivity contribution < 1.29 is 0 Å². The van der Waals surface area contributed by atoms with E-state index in [-0.39, 0.29) is 6.04 Å². The van der Waals surface area contributed by atoms with Crippen molar-refractivity contribution in [2.75, 3.05) is 7.05 Å². The fourth-order valence-corrected chi connectivity index (χ4v) is 3.61. The molecule has 0 saturated heterocycles. The van der Waals surface area contributed by atoms with Crippen molar-refractivity contribution in [3.63, 3.8) is 0 Å². The zero-order chi connectivity index (χ0) is 13.9. The number of rotatable bonds is 4. The predicted molar refractivity (Wildman–Crippen MR) is 93.1 cm³/mol. The fourth-order valence-electron chi connectivity index (χ4n) is 2.91. The van der Waals surface area contributed by atoms with E-state index in [1.54, 1.807) is 0 Å². The molecule has 1 saturated carbocycles. The number of nitrogens with one attached hydrogen (secondary N) is 1. The summed E-state index contributed by atoms with van der Waals surface area (Å²) in [6.45, 7) is 0. The molecule has 1 nitrogen and oxygen atoms in total. The summed E-state index contributed by atoms with van der Waals surface area (Å²) < 4.78 is 1.31. The van der Waals surface area contributed by atoms with Gasteiger partial charge in [-0.1, -0.05) is 48.9 Å². The maximum absolute atomic E-state index is 3.45. The standard InChI is InChI=1S/C18H20IN/c1-20-18(16-7-2-3-8-17(16)19)15-11-9-14(10-12-15)13-5-4-6-13/h2-3,7-13,18,20H,4-6H2,1H3. The average Bonchev–Trinajstić information content (AvgIpc) is 2.41. The van der Waals surface area contributed by atoms with E-state index in [1.807, 2.05) is 7.05 Å². The molecule has 2 heteroatoms. The third-order valence-corrected chi connectivity index (χ3v) is 5.33. The first kappa shape index (κ1) is 14.1. The van der Waals surface area contributed by atoms with Crippen LogP contribution >= 0.6 is 22.6 Å². The van der Waals surface area contributed by atoms with Crippen LogP contribution in [0.25, 0.3) is 0 Å². The fraction of sp³-hybridized carbons (Fsp3) is 0.333. The van der Waals surface area contributed by atoms with Crippen molar-refractivity contribution in [1.29, 1.82) is 0 Å². The van der Waals surface area contributed by atoms with Crippen molar-refractivity contribution in [2.45, 2.75) is 31.2 Å². The highest BCUT2D eigenvalue weighted by Gasteiger charge is 2.20. The monoisotopic (exact) mass is 377 g/mol. The molecular weight excluding hydrogens is 357 g/mol. The molecule has 0 amide bonds. The molecule has 3 rings (SSSR count). The lowest BCUT2D eigenvalue weighted by Crippen LogP contribution is -2.19. The van der Waals surface area contributed by atoms with Gasteiger partial charge in [0.05, 0.1) is 6.04 Å². The van der Waals surface area contributed by atoms with E-state index < -0.39 is 0 Å². The van der Waals surface area contributed by atoms with Gasteiger partial charge in [-0.05, 0) is 71.2 Å². The Kier molecular flexibility index (Phi) is 4.41. The predicted octanol–water partition coefficient (Wildman–Crippen LogP) is 4.87. The Labute approximate surface area is 134 Å². The van der Waals surface area contributed by atoms with Crippen LogP contribution in [0.15, 0.2) is 48.5 Å². The highest BCUT2D eigenvalue weighted by Crippen LogP contribution is 2.37. The molecule has 1 aliphatic rings. The van der Waals surface area contributed by atoms with E-state index in [4.69, 9.17) is 0 Å². The molecule has 0 heterocycles. The number of hydrogen-bond donors (Lipinski definition) is 1. The molecule has 2 aromatic carbocycles. The van der Waals surface area contributed by atoms with E-state index in [2.05, 4.69) is 76.4 Å². The molecule has 0 bridgehead atoms. The lowest BCUT2D eigenvalue weighted by atomic mass is 9.79. The summed E-state index contributed by atoms with van der Waals surface area (Å²) in [5.74, 6) is 0.814. The molecule has 1 N–H and O–H groups in total. The van der Waals surface area contributed by atoms with Gasteiger partial charge in [-0.2, -0.15) is 0 Å². The van der Waals surface area contributed by atoms with Crippen LogP contribution in [0.2, 0.25) is 0 Å². The summed E-state index contributed by atoms with van der Waals surface area (Å²) in [5.41, 5.74) is 4.21. The number of hydrogen-bond acceptors (Lipinski definition) is 1. The third-order valence-electron chi connectivity index (χ3n) is 4.35. The zero-order valence-corrected chi connectivity index (χ0v) is 13.9. The summed E-state index contributed by atoms with van der Waals surface area (Å²) in [7, 11) is 2.04. The lowest BCUT2D eigenvalue weighted by Gasteiger charge is -2.26. The van der Waals surface area contributed by atoms with Crippen molar-refractivity contribution >= 4 is 22.6 Å². The Bertz CT molecular complexity index is 572. The molecule has 1 fully saturated rings. The van der Waals surface area contributed by atoms with Gasteiger partial charge in [0.15, 0.2) is 0 Å². The molecule has 104 valence electrons. The van der Waals surface area contributed by atoms with E-state index in [1.165, 1.54) is 39.5 Å². The second-order valence-electron chi connectivity index (χ2n) is 5.54. The molecule has 0 aromatic heterocycles. The molecule has 1 aliphatic carbocycles. The first-order valence-electron chi connectivity index (χ1n) is 7.31. The second kappa shape index (κ2) is 6.27. The van der Waals surface area contributed by atoms with Crippen LogP contribution in [0.4, 0.5) is 0 Å². The minimum absolute atomic E-state index is 0.276. The second-order valence-corrected chi connectivity index (χ2v) is 6.70. The summed E-state index contributed by atoms with van der Waals surface area (Å²) >= 11 is 2.42. The Morgan fingerprint density at radius 2 is 1.75 bits per heavy atom. The van der Waals surface area contributed by atoms with Gasteiger partial charge in [-0.3, -0.25) is 0 Å². The SMILES string of the molecule is CNC(c1ccc(C2CCC2)cc1)c1ccccc1I. The minimum atomic E-state index is 0.276.